The molecule has 122 valence electrons. The van der Waals surface area contributed by atoms with Gasteiger partial charge in [-0.05, 0) is 15.9 Å². The molecule has 0 fully saturated rings. The fraction of sp³-hybridized carbons (Fsp3) is 0.429. The summed E-state index contributed by atoms with van der Waals surface area (Å²) < 4.78 is 11.0. The number of anilines is 1. The number of aliphatic carboxylic acids is 1. The van der Waals surface area contributed by atoms with Crippen molar-refractivity contribution in [2.75, 3.05) is 33.1 Å². The third kappa shape index (κ3) is 4.52. The minimum absolute atomic E-state index is 0.103. The third-order valence-electron chi connectivity index (χ3n) is 3.03. The van der Waals surface area contributed by atoms with Gasteiger partial charge in [0.05, 0.1) is 25.8 Å². The van der Waals surface area contributed by atoms with Gasteiger partial charge in [0.1, 0.15) is 0 Å². The van der Waals surface area contributed by atoms with Crippen molar-refractivity contribution in [2.24, 2.45) is 5.92 Å². The number of nitrogens with zero attached hydrogens (tertiary/aromatic N) is 1. The van der Waals surface area contributed by atoms with Crippen LogP contribution in [0.25, 0.3) is 0 Å². The molecule has 8 heteroatoms. The molecule has 22 heavy (non-hydrogen) atoms. The fourth-order valence-electron chi connectivity index (χ4n) is 1.73. The lowest BCUT2D eigenvalue weighted by atomic mass is 10.2. The topological polar surface area (TPSA) is 88.1 Å². The summed E-state index contributed by atoms with van der Waals surface area (Å²) in [4.78, 5) is 24.2. The van der Waals surface area contributed by atoms with E-state index in [0.29, 0.717) is 21.7 Å². The molecule has 1 atom stereocenters. The molecule has 2 amide bonds. The van der Waals surface area contributed by atoms with E-state index >= 15 is 0 Å². The van der Waals surface area contributed by atoms with Gasteiger partial charge in [0, 0.05) is 30.2 Å². The van der Waals surface area contributed by atoms with Gasteiger partial charge in [0.2, 0.25) is 0 Å². The number of carbonyl (C=O) groups is 2. The van der Waals surface area contributed by atoms with Crippen LogP contribution in [0.5, 0.6) is 11.5 Å². The first kappa shape index (κ1) is 18.1. The van der Waals surface area contributed by atoms with E-state index in [-0.39, 0.29) is 6.54 Å². The first-order valence-electron chi connectivity index (χ1n) is 6.46. The van der Waals surface area contributed by atoms with Crippen LogP contribution >= 0.6 is 15.9 Å². The molecule has 0 saturated heterocycles. The standard InChI is InChI=1S/C14H19BrN2O5/c1-8(13(18)19)7-17(2)14(20)16-10-6-12(22-4)11(21-3)5-9(10)15/h5-6,8H,7H2,1-4H3,(H,16,20)(H,18,19). The summed E-state index contributed by atoms with van der Waals surface area (Å²) in [7, 11) is 4.55. The molecule has 0 aliphatic carbocycles. The number of hydrogen-bond donors (Lipinski definition) is 2. The summed E-state index contributed by atoms with van der Waals surface area (Å²) in [6.07, 6.45) is 0. The van der Waals surface area contributed by atoms with Crippen LogP contribution in [0, 0.1) is 5.92 Å². The van der Waals surface area contributed by atoms with Crippen LogP contribution in [-0.4, -0.2) is 49.8 Å². The lowest BCUT2D eigenvalue weighted by Gasteiger charge is -2.21. The summed E-state index contributed by atoms with van der Waals surface area (Å²) in [5.74, 6) is -0.598. The third-order valence-corrected chi connectivity index (χ3v) is 3.69. The number of benzene rings is 1. The van der Waals surface area contributed by atoms with Gasteiger partial charge in [-0.3, -0.25) is 4.79 Å². The summed E-state index contributed by atoms with van der Waals surface area (Å²) in [6.45, 7) is 1.64. The number of methoxy groups -OCH3 is 2. The fourth-order valence-corrected chi connectivity index (χ4v) is 2.15. The Kier molecular flexibility index (Phi) is 6.48. The number of carboxylic acids is 1. The monoisotopic (exact) mass is 374 g/mol. The quantitative estimate of drug-likeness (QED) is 0.798. The highest BCUT2D eigenvalue weighted by molar-refractivity contribution is 9.10. The normalized spacial score (nSPS) is 11.5. The van der Waals surface area contributed by atoms with Crippen LogP contribution in [0.2, 0.25) is 0 Å². The van der Waals surface area contributed by atoms with Gasteiger partial charge in [0.25, 0.3) is 0 Å². The lowest BCUT2D eigenvalue weighted by molar-refractivity contribution is -0.141. The van der Waals surface area contributed by atoms with Crippen LogP contribution in [0.1, 0.15) is 6.92 Å². The van der Waals surface area contributed by atoms with E-state index in [0.717, 1.165) is 0 Å². The Morgan fingerprint density at radius 1 is 1.32 bits per heavy atom. The molecule has 7 nitrogen and oxygen atoms in total. The Bertz CT molecular complexity index is 564. The van der Waals surface area contributed by atoms with Gasteiger partial charge in [0.15, 0.2) is 11.5 Å². The second-order valence-electron chi connectivity index (χ2n) is 4.74. The average Bonchev–Trinajstić information content (AvgIpc) is 2.48. The van der Waals surface area contributed by atoms with Crippen molar-refractivity contribution in [3.05, 3.63) is 16.6 Å². The Morgan fingerprint density at radius 2 is 1.86 bits per heavy atom. The second kappa shape index (κ2) is 7.88. The van der Waals surface area contributed by atoms with Crippen molar-refractivity contribution < 1.29 is 24.2 Å². The Morgan fingerprint density at radius 3 is 2.36 bits per heavy atom. The molecule has 0 radical (unpaired) electrons. The Labute approximate surface area is 137 Å². The van der Waals surface area contributed by atoms with Crippen LogP contribution in [0.4, 0.5) is 10.5 Å². The maximum absolute atomic E-state index is 12.1. The van der Waals surface area contributed by atoms with Crippen molar-refractivity contribution in [1.82, 2.24) is 4.90 Å². The highest BCUT2D eigenvalue weighted by atomic mass is 79.9. The van der Waals surface area contributed by atoms with Crippen molar-refractivity contribution in [1.29, 1.82) is 0 Å². The highest BCUT2D eigenvalue weighted by Crippen LogP contribution is 2.36. The van der Waals surface area contributed by atoms with E-state index in [2.05, 4.69) is 21.2 Å². The molecular formula is C14H19BrN2O5. The Hall–Kier alpha value is -1.96. The number of urea groups is 1. The summed E-state index contributed by atoms with van der Waals surface area (Å²) in [6, 6.07) is 2.88. The van der Waals surface area contributed by atoms with E-state index in [1.807, 2.05) is 0 Å². The largest absolute Gasteiger partial charge is 0.493 e. The van der Waals surface area contributed by atoms with Crippen LogP contribution < -0.4 is 14.8 Å². The average molecular weight is 375 g/mol. The molecule has 0 aromatic heterocycles. The molecule has 0 saturated carbocycles. The van der Waals surface area contributed by atoms with E-state index in [4.69, 9.17) is 14.6 Å². The summed E-state index contributed by atoms with van der Waals surface area (Å²) in [5.41, 5.74) is 0.498. The molecule has 1 unspecified atom stereocenters. The SMILES string of the molecule is COc1cc(Br)c(NC(=O)N(C)CC(C)C(=O)O)cc1OC. The summed E-state index contributed by atoms with van der Waals surface area (Å²) >= 11 is 3.34. The highest BCUT2D eigenvalue weighted by Gasteiger charge is 2.19. The minimum atomic E-state index is -0.952. The van der Waals surface area contributed by atoms with Crippen LogP contribution in [0.15, 0.2) is 16.6 Å². The molecule has 0 aliphatic heterocycles. The predicted molar refractivity (Wildman–Crippen MR) is 85.7 cm³/mol. The molecule has 0 spiro atoms. The smallest absolute Gasteiger partial charge is 0.321 e. The summed E-state index contributed by atoms with van der Waals surface area (Å²) in [5, 5.41) is 11.6. The number of nitrogens with one attached hydrogen (secondary N) is 1. The molecule has 0 aliphatic rings. The van der Waals surface area contributed by atoms with Gasteiger partial charge in [-0.25, -0.2) is 4.79 Å². The first-order chi connectivity index (χ1) is 10.3. The van der Waals surface area contributed by atoms with E-state index in [1.54, 1.807) is 19.1 Å². The molecular weight excluding hydrogens is 356 g/mol. The van der Waals surface area contributed by atoms with Crippen molar-refractivity contribution in [2.45, 2.75) is 6.92 Å². The van der Waals surface area contributed by atoms with Gasteiger partial charge in [-0.2, -0.15) is 0 Å². The van der Waals surface area contributed by atoms with Crippen LogP contribution in [0.3, 0.4) is 0 Å². The zero-order valence-corrected chi connectivity index (χ0v) is 14.4. The minimum Gasteiger partial charge on any atom is -0.493 e. The number of hydrogen-bond acceptors (Lipinski definition) is 4. The molecule has 1 aromatic rings. The number of amides is 2. The Balaban J connectivity index is 2.85. The maximum atomic E-state index is 12.1. The van der Waals surface area contributed by atoms with Gasteiger partial charge < -0.3 is 24.8 Å². The van der Waals surface area contributed by atoms with Crippen molar-refractivity contribution >= 4 is 33.6 Å². The zero-order chi connectivity index (χ0) is 16.9. The number of ether oxygens (including phenoxy) is 2. The van der Waals surface area contributed by atoms with Crippen LogP contribution in [-0.2, 0) is 4.79 Å². The van der Waals surface area contributed by atoms with Gasteiger partial charge in [-0.1, -0.05) is 6.92 Å². The van der Waals surface area contributed by atoms with E-state index < -0.39 is 17.9 Å². The zero-order valence-electron chi connectivity index (χ0n) is 12.8. The molecule has 0 heterocycles. The number of carboxylic acid groups (broad SMARTS) is 1. The predicted octanol–water partition coefficient (Wildman–Crippen LogP) is 2.65. The lowest BCUT2D eigenvalue weighted by Crippen LogP contribution is -2.36. The van der Waals surface area contributed by atoms with Crippen molar-refractivity contribution in [3.8, 4) is 11.5 Å². The number of rotatable bonds is 6. The first-order valence-corrected chi connectivity index (χ1v) is 7.25. The molecule has 2 N–H and O–H groups in total. The molecule has 1 aromatic carbocycles. The van der Waals surface area contributed by atoms with Gasteiger partial charge >= 0.3 is 12.0 Å². The van der Waals surface area contributed by atoms with E-state index in [1.165, 1.54) is 26.2 Å². The van der Waals surface area contributed by atoms with Crippen molar-refractivity contribution in [3.63, 3.8) is 0 Å². The molecule has 0 bridgehead atoms. The van der Waals surface area contributed by atoms with Gasteiger partial charge in [-0.15, -0.1) is 0 Å². The molecule has 1 rings (SSSR count). The number of carbonyl (C=O) groups excluding carboxylic acids is 1. The number of halogens is 1. The van der Waals surface area contributed by atoms with E-state index in [9.17, 15) is 9.59 Å². The maximum Gasteiger partial charge on any atom is 0.321 e. The second-order valence-corrected chi connectivity index (χ2v) is 5.59.